The summed E-state index contributed by atoms with van der Waals surface area (Å²) in [6.45, 7) is 3.29. The molecule has 0 aliphatic rings. The molecule has 1 atom stereocenters. The van der Waals surface area contributed by atoms with Crippen molar-refractivity contribution in [1.29, 1.82) is 0 Å². The minimum absolute atomic E-state index is 0.139. The molecule has 1 unspecified atom stereocenters. The summed E-state index contributed by atoms with van der Waals surface area (Å²) in [5, 5.41) is 19.4. The number of rotatable bonds is 6. The van der Waals surface area contributed by atoms with E-state index in [0.29, 0.717) is 6.42 Å². The predicted octanol–water partition coefficient (Wildman–Crippen LogP) is 0.204. The summed E-state index contributed by atoms with van der Waals surface area (Å²) in [5.41, 5.74) is 0. The quantitative estimate of drug-likeness (QED) is 0.593. The molecule has 3 N–H and O–H groups in total. The number of hydrogen-bond acceptors (Lipinski definition) is 4. The zero-order valence-electron chi connectivity index (χ0n) is 8.90. The van der Waals surface area contributed by atoms with Crippen LogP contribution in [0.15, 0.2) is 0 Å². The Morgan fingerprint density at radius 2 is 2.00 bits per heavy atom. The van der Waals surface area contributed by atoms with Crippen LogP contribution in [0.2, 0.25) is 0 Å². The Morgan fingerprint density at radius 3 is 2.40 bits per heavy atom. The molecule has 15 heavy (non-hydrogen) atoms. The Kier molecular flexibility index (Phi) is 6.44. The van der Waals surface area contributed by atoms with Crippen LogP contribution in [0, 0.1) is 5.92 Å². The van der Waals surface area contributed by atoms with Crippen LogP contribution in [0.4, 0.5) is 4.79 Å². The third-order valence-electron chi connectivity index (χ3n) is 1.62. The molecule has 0 rings (SSSR count). The van der Waals surface area contributed by atoms with E-state index in [1.165, 1.54) is 0 Å². The highest BCUT2D eigenvalue weighted by atomic mass is 16.6. The number of ether oxygens (including phenoxy) is 1. The summed E-state index contributed by atoms with van der Waals surface area (Å²) in [4.78, 5) is 21.7. The fourth-order valence-corrected chi connectivity index (χ4v) is 1.02. The third kappa shape index (κ3) is 6.73. The molecular weight excluding hydrogens is 202 g/mol. The highest BCUT2D eigenvalue weighted by Gasteiger charge is 2.21. The van der Waals surface area contributed by atoms with Crippen LogP contribution in [-0.2, 0) is 9.53 Å². The largest absolute Gasteiger partial charge is 0.480 e. The van der Waals surface area contributed by atoms with E-state index in [4.69, 9.17) is 10.2 Å². The summed E-state index contributed by atoms with van der Waals surface area (Å²) in [7, 11) is 0. The van der Waals surface area contributed by atoms with Crippen LogP contribution in [0.3, 0.4) is 0 Å². The average Bonchev–Trinajstić information content (AvgIpc) is 2.12. The van der Waals surface area contributed by atoms with E-state index in [9.17, 15) is 9.59 Å². The zero-order valence-corrected chi connectivity index (χ0v) is 8.90. The van der Waals surface area contributed by atoms with E-state index in [-0.39, 0.29) is 19.1 Å². The van der Waals surface area contributed by atoms with Gasteiger partial charge in [-0.3, -0.25) is 0 Å². The fraction of sp³-hybridized carbons (Fsp3) is 0.778. The van der Waals surface area contributed by atoms with Gasteiger partial charge >= 0.3 is 12.1 Å². The second kappa shape index (κ2) is 7.05. The van der Waals surface area contributed by atoms with Gasteiger partial charge in [-0.2, -0.15) is 0 Å². The van der Waals surface area contributed by atoms with Crippen LogP contribution in [0.5, 0.6) is 0 Å². The van der Waals surface area contributed by atoms with Crippen LogP contribution in [0.25, 0.3) is 0 Å². The SMILES string of the molecule is CC(C)CC(NC(=O)OCCO)C(=O)O. The first kappa shape index (κ1) is 13.7. The first-order valence-corrected chi connectivity index (χ1v) is 4.74. The van der Waals surface area contributed by atoms with Crippen molar-refractivity contribution in [2.75, 3.05) is 13.2 Å². The smallest absolute Gasteiger partial charge is 0.407 e. The summed E-state index contributed by atoms with van der Waals surface area (Å²) < 4.78 is 4.49. The number of carboxylic acid groups (broad SMARTS) is 1. The van der Waals surface area contributed by atoms with Crippen LogP contribution < -0.4 is 5.32 Å². The van der Waals surface area contributed by atoms with Crippen molar-refractivity contribution in [3.8, 4) is 0 Å². The molecule has 1 amide bonds. The third-order valence-corrected chi connectivity index (χ3v) is 1.62. The van der Waals surface area contributed by atoms with E-state index < -0.39 is 18.1 Å². The molecule has 0 fully saturated rings. The van der Waals surface area contributed by atoms with Crippen LogP contribution in [0.1, 0.15) is 20.3 Å². The van der Waals surface area contributed by atoms with Gasteiger partial charge in [-0.15, -0.1) is 0 Å². The Morgan fingerprint density at radius 1 is 1.40 bits per heavy atom. The molecule has 6 nitrogen and oxygen atoms in total. The van der Waals surface area contributed by atoms with E-state index in [0.717, 1.165) is 0 Å². The van der Waals surface area contributed by atoms with Gasteiger partial charge in [-0.1, -0.05) is 13.8 Å². The molecule has 0 aromatic rings. The number of alkyl carbamates (subject to hydrolysis) is 1. The zero-order chi connectivity index (χ0) is 11.8. The number of aliphatic carboxylic acids is 1. The first-order chi connectivity index (χ1) is 6.97. The molecule has 0 saturated carbocycles. The standard InChI is InChI=1S/C9H17NO5/c1-6(2)5-7(8(12)13)10-9(14)15-4-3-11/h6-7,11H,3-5H2,1-2H3,(H,10,14)(H,12,13). The van der Waals surface area contributed by atoms with E-state index >= 15 is 0 Å². The van der Waals surface area contributed by atoms with Crippen LogP contribution >= 0.6 is 0 Å². The van der Waals surface area contributed by atoms with Gasteiger partial charge in [0.1, 0.15) is 12.6 Å². The maximum absolute atomic E-state index is 11.0. The summed E-state index contributed by atoms with van der Waals surface area (Å²) in [6.07, 6.45) is -0.485. The van der Waals surface area contributed by atoms with Crippen molar-refractivity contribution in [3.05, 3.63) is 0 Å². The monoisotopic (exact) mass is 219 g/mol. The van der Waals surface area contributed by atoms with E-state index in [1.54, 1.807) is 0 Å². The number of carboxylic acids is 1. The molecule has 88 valence electrons. The molecule has 0 heterocycles. The number of amides is 1. The highest BCUT2D eigenvalue weighted by molar-refractivity contribution is 5.79. The highest BCUT2D eigenvalue weighted by Crippen LogP contribution is 2.04. The van der Waals surface area contributed by atoms with Gasteiger partial charge in [-0.25, -0.2) is 9.59 Å². The number of aliphatic hydroxyl groups excluding tert-OH is 1. The van der Waals surface area contributed by atoms with Gasteiger partial charge in [-0.05, 0) is 12.3 Å². The Labute approximate surface area is 88.2 Å². The lowest BCUT2D eigenvalue weighted by atomic mass is 10.0. The number of carbonyl (C=O) groups is 2. The lowest BCUT2D eigenvalue weighted by molar-refractivity contribution is -0.139. The number of aliphatic hydroxyl groups is 1. The summed E-state index contributed by atoms with van der Waals surface area (Å²) in [5.74, 6) is -0.936. The molecule has 0 bridgehead atoms. The predicted molar refractivity (Wildman–Crippen MR) is 52.4 cm³/mol. The van der Waals surface area contributed by atoms with Crippen molar-refractivity contribution in [2.24, 2.45) is 5.92 Å². The molecule has 0 aromatic heterocycles. The summed E-state index contributed by atoms with van der Waals surface area (Å²) >= 11 is 0. The maximum Gasteiger partial charge on any atom is 0.407 e. The fourth-order valence-electron chi connectivity index (χ4n) is 1.02. The molecule has 0 spiro atoms. The second-order valence-corrected chi connectivity index (χ2v) is 3.52. The Hall–Kier alpha value is -1.30. The Bertz CT molecular complexity index is 217. The topological polar surface area (TPSA) is 95.9 Å². The molecule has 0 aliphatic carbocycles. The number of hydrogen-bond donors (Lipinski definition) is 3. The van der Waals surface area contributed by atoms with Gasteiger partial charge in [0.05, 0.1) is 6.61 Å². The summed E-state index contributed by atoms with van der Waals surface area (Å²) in [6, 6.07) is -0.948. The molecule has 6 heteroatoms. The van der Waals surface area contributed by atoms with E-state index in [2.05, 4.69) is 10.1 Å². The number of carbonyl (C=O) groups excluding carboxylic acids is 1. The molecular formula is C9H17NO5. The van der Waals surface area contributed by atoms with Gasteiger partial charge in [0.15, 0.2) is 0 Å². The lowest BCUT2D eigenvalue weighted by Gasteiger charge is -2.15. The lowest BCUT2D eigenvalue weighted by Crippen LogP contribution is -2.42. The molecule has 0 saturated heterocycles. The van der Waals surface area contributed by atoms with Gasteiger partial charge in [0.25, 0.3) is 0 Å². The van der Waals surface area contributed by atoms with Gasteiger partial charge < -0.3 is 20.3 Å². The average molecular weight is 219 g/mol. The number of nitrogens with one attached hydrogen (secondary N) is 1. The van der Waals surface area contributed by atoms with Crippen molar-refractivity contribution in [1.82, 2.24) is 5.32 Å². The van der Waals surface area contributed by atoms with Crippen molar-refractivity contribution in [2.45, 2.75) is 26.3 Å². The van der Waals surface area contributed by atoms with Crippen molar-refractivity contribution in [3.63, 3.8) is 0 Å². The molecule has 0 aromatic carbocycles. The van der Waals surface area contributed by atoms with E-state index in [1.807, 2.05) is 13.8 Å². The van der Waals surface area contributed by atoms with Gasteiger partial charge in [0, 0.05) is 0 Å². The van der Waals surface area contributed by atoms with Gasteiger partial charge in [0.2, 0.25) is 0 Å². The maximum atomic E-state index is 11.0. The first-order valence-electron chi connectivity index (χ1n) is 4.74. The Balaban J connectivity index is 4.05. The second-order valence-electron chi connectivity index (χ2n) is 3.52. The molecule has 0 aliphatic heterocycles. The molecule has 0 radical (unpaired) electrons. The minimum Gasteiger partial charge on any atom is -0.480 e. The van der Waals surface area contributed by atoms with Crippen molar-refractivity contribution < 1.29 is 24.5 Å². The van der Waals surface area contributed by atoms with Crippen molar-refractivity contribution >= 4 is 12.1 Å². The normalized spacial score (nSPS) is 12.3. The van der Waals surface area contributed by atoms with Crippen LogP contribution in [-0.4, -0.2) is 41.5 Å². The minimum atomic E-state index is -1.09.